The lowest BCUT2D eigenvalue weighted by Gasteiger charge is -2.03. The van der Waals surface area contributed by atoms with E-state index in [-0.39, 0.29) is 6.61 Å². The molecule has 1 aromatic carbocycles. The van der Waals surface area contributed by atoms with Crippen LogP contribution in [-0.4, -0.2) is 25.1 Å². The van der Waals surface area contributed by atoms with Gasteiger partial charge in [0.25, 0.3) is 0 Å². The molecule has 17 heavy (non-hydrogen) atoms. The van der Waals surface area contributed by atoms with E-state index in [1.165, 1.54) is 0 Å². The first kappa shape index (κ1) is 9.92. The van der Waals surface area contributed by atoms with Gasteiger partial charge in [0.2, 0.25) is 0 Å². The van der Waals surface area contributed by atoms with Crippen molar-refractivity contribution in [1.29, 1.82) is 0 Å². The molecule has 5 nitrogen and oxygen atoms in total. The molecule has 0 fully saturated rings. The standard InChI is InChI=1S/C12H10N4O/c17-8-9-7-10(5-6-13-9)16-12-4-2-1-3-11(12)14-15-16/h1-7,17H,8H2. The molecule has 1 N–H and O–H groups in total. The molecule has 3 aromatic rings. The second-order valence-electron chi connectivity index (χ2n) is 3.65. The Morgan fingerprint density at radius 3 is 2.94 bits per heavy atom. The maximum atomic E-state index is 9.07. The minimum absolute atomic E-state index is 0.0829. The van der Waals surface area contributed by atoms with Crippen molar-refractivity contribution >= 4 is 11.0 Å². The second kappa shape index (κ2) is 3.95. The van der Waals surface area contributed by atoms with Gasteiger partial charge in [0.1, 0.15) is 5.52 Å². The van der Waals surface area contributed by atoms with Gasteiger partial charge in [-0.15, -0.1) is 5.10 Å². The zero-order valence-electron chi connectivity index (χ0n) is 8.98. The molecule has 0 bridgehead atoms. The summed E-state index contributed by atoms with van der Waals surface area (Å²) in [6.45, 7) is -0.0829. The molecule has 0 atom stereocenters. The third-order valence-corrected chi connectivity index (χ3v) is 2.56. The number of nitrogens with zero attached hydrogens (tertiary/aromatic N) is 4. The van der Waals surface area contributed by atoms with E-state index in [0.717, 1.165) is 16.7 Å². The molecule has 0 spiro atoms. The molecule has 0 aliphatic carbocycles. The summed E-state index contributed by atoms with van der Waals surface area (Å²) in [7, 11) is 0. The molecule has 0 saturated heterocycles. The molecule has 5 heteroatoms. The fourth-order valence-electron chi connectivity index (χ4n) is 1.74. The Hall–Kier alpha value is -2.27. The van der Waals surface area contributed by atoms with E-state index >= 15 is 0 Å². The van der Waals surface area contributed by atoms with Crippen molar-refractivity contribution < 1.29 is 5.11 Å². The molecule has 0 unspecified atom stereocenters. The number of rotatable bonds is 2. The summed E-state index contributed by atoms with van der Waals surface area (Å²) in [6.07, 6.45) is 1.65. The second-order valence-corrected chi connectivity index (χ2v) is 3.65. The predicted molar refractivity (Wildman–Crippen MR) is 62.6 cm³/mol. The van der Waals surface area contributed by atoms with Gasteiger partial charge in [-0.05, 0) is 24.3 Å². The monoisotopic (exact) mass is 226 g/mol. The number of hydrogen-bond donors (Lipinski definition) is 1. The number of benzene rings is 1. The van der Waals surface area contributed by atoms with E-state index in [9.17, 15) is 0 Å². The lowest BCUT2D eigenvalue weighted by molar-refractivity contribution is 0.277. The molecule has 0 aliphatic rings. The van der Waals surface area contributed by atoms with Crippen LogP contribution in [-0.2, 0) is 6.61 Å². The predicted octanol–water partition coefficient (Wildman–Crippen LogP) is 1.31. The highest BCUT2D eigenvalue weighted by molar-refractivity contribution is 5.75. The fraction of sp³-hybridized carbons (Fsp3) is 0.0833. The van der Waals surface area contributed by atoms with E-state index < -0.39 is 0 Å². The zero-order chi connectivity index (χ0) is 11.7. The van der Waals surface area contributed by atoms with Gasteiger partial charge in [-0.3, -0.25) is 4.98 Å². The average molecular weight is 226 g/mol. The van der Waals surface area contributed by atoms with Crippen LogP contribution in [0.4, 0.5) is 0 Å². The molecule has 2 heterocycles. The van der Waals surface area contributed by atoms with Crippen LogP contribution in [0.25, 0.3) is 16.7 Å². The molecule has 0 saturated carbocycles. The highest BCUT2D eigenvalue weighted by atomic mass is 16.3. The minimum Gasteiger partial charge on any atom is -0.390 e. The first-order valence-corrected chi connectivity index (χ1v) is 5.25. The van der Waals surface area contributed by atoms with Gasteiger partial charge in [0, 0.05) is 6.20 Å². The van der Waals surface area contributed by atoms with Crippen molar-refractivity contribution in [3.8, 4) is 5.69 Å². The minimum atomic E-state index is -0.0829. The molecule has 2 aromatic heterocycles. The van der Waals surface area contributed by atoms with Gasteiger partial charge in [-0.25, -0.2) is 4.68 Å². The molecule has 0 amide bonds. The normalized spacial score (nSPS) is 10.9. The Labute approximate surface area is 97.3 Å². The van der Waals surface area contributed by atoms with Gasteiger partial charge < -0.3 is 5.11 Å². The van der Waals surface area contributed by atoms with Gasteiger partial charge in [0.15, 0.2) is 0 Å². The highest BCUT2D eigenvalue weighted by Crippen LogP contribution is 2.15. The van der Waals surface area contributed by atoms with E-state index in [1.807, 2.05) is 30.3 Å². The number of hydrogen-bond acceptors (Lipinski definition) is 4. The molecule has 84 valence electrons. The molecular weight excluding hydrogens is 216 g/mol. The topological polar surface area (TPSA) is 63.8 Å². The fourth-order valence-corrected chi connectivity index (χ4v) is 1.74. The summed E-state index contributed by atoms with van der Waals surface area (Å²) in [4.78, 5) is 4.04. The Bertz CT molecular complexity index is 662. The molecular formula is C12H10N4O. The first-order chi connectivity index (χ1) is 8.38. The number of pyridine rings is 1. The van der Waals surface area contributed by atoms with Crippen molar-refractivity contribution in [2.24, 2.45) is 0 Å². The SMILES string of the molecule is OCc1cc(-n2nnc3ccccc32)ccn1. The molecule has 3 rings (SSSR count). The number of aliphatic hydroxyl groups is 1. The summed E-state index contributed by atoms with van der Waals surface area (Å²) >= 11 is 0. The van der Waals surface area contributed by atoms with E-state index in [1.54, 1.807) is 16.9 Å². The zero-order valence-corrected chi connectivity index (χ0v) is 8.98. The lowest BCUT2D eigenvalue weighted by Crippen LogP contribution is -1.99. The van der Waals surface area contributed by atoms with Crippen LogP contribution in [0.15, 0.2) is 42.6 Å². The van der Waals surface area contributed by atoms with Crippen molar-refractivity contribution in [2.45, 2.75) is 6.61 Å². The van der Waals surface area contributed by atoms with Gasteiger partial charge in [-0.1, -0.05) is 17.3 Å². The number of para-hydroxylation sites is 1. The number of fused-ring (bicyclic) bond motifs is 1. The Kier molecular flexibility index (Phi) is 2.31. The van der Waals surface area contributed by atoms with Crippen LogP contribution < -0.4 is 0 Å². The van der Waals surface area contributed by atoms with E-state index in [4.69, 9.17) is 5.11 Å². The summed E-state index contributed by atoms with van der Waals surface area (Å²) < 4.78 is 1.73. The molecule has 0 radical (unpaired) electrons. The summed E-state index contributed by atoms with van der Waals surface area (Å²) in [5.41, 5.74) is 3.23. The van der Waals surface area contributed by atoms with Gasteiger partial charge in [-0.2, -0.15) is 0 Å². The molecule has 0 aliphatic heterocycles. The summed E-state index contributed by atoms with van der Waals surface area (Å²) in [5.74, 6) is 0. The van der Waals surface area contributed by atoms with Crippen LogP contribution in [0.5, 0.6) is 0 Å². The maximum Gasteiger partial charge on any atom is 0.113 e. The average Bonchev–Trinajstić information content (AvgIpc) is 2.82. The van der Waals surface area contributed by atoms with E-state index in [0.29, 0.717) is 5.69 Å². The van der Waals surface area contributed by atoms with Crippen molar-refractivity contribution in [2.75, 3.05) is 0 Å². The van der Waals surface area contributed by atoms with Crippen LogP contribution in [0.1, 0.15) is 5.69 Å². The third kappa shape index (κ3) is 1.66. The van der Waals surface area contributed by atoms with Gasteiger partial charge >= 0.3 is 0 Å². The van der Waals surface area contributed by atoms with Crippen molar-refractivity contribution in [3.63, 3.8) is 0 Å². The maximum absolute atomic E-state index is 9.07. The lowest BCUT2D eigenvalue weighted by atomic mass is 10.3. The third-order valence-electron chi connectivity index (χ3n) is 2.56. The first-order valence-electron chi connectivity index (χ1n) is 5.25. The quantitative estimate of drug-likeness (QED) is 0.715. The van der Waals surface area contributed by atoms with Crippen molar-refractivity contribution in [1.82, 2.24) is 20.0 Å². The van der Waals surface area contributed by atoms with Crippen LogP contribution in [0.3, 0.4) is 0 Å². The van der Waals surface area contributed by atoms with Crippen LogP contribution in [0, 0.1) is 0 Å². The number of aromatic nitrogens is 4. The summed E-state index contributed by atoms with van der Waals surface area (Å²) in [6, 6.07) is 11.4. The Morgan fingerprint density at radius 1 is 1.18 bits per heavy atom. The number of aliphatic hydroxyl groups excluding tert-OH is 1. The Morgan fingerprint density at radius 2 is 2.06 bits per heavy atom. The van der Waals surface area contributed by atoms with Crippen LogP contribution >= 0.6 is 0 Å². The van der Waals surface area contributed by atoms with E-state index in [2.05, 4.69) is 15.3 Å². The van der Waals surface area contributed by atoms with Gasteiger partial charge in [0.05, 0.1) is 23.5 Å². The Balaban J connectivity index is 2.20. The largest absolute Gasteiger partial charge is 0.390 e. The summed E-state index contributed by atoms with van der Waals surface area (Å²) in [5, 5.41) is 17.2. The van der Waals surface area contributed by atoms with Crippen molar-refractivity contribution in [3.05, 3.63) is 48.3 Å². The smallest absolute Gasteiger partial charge is 0.113 e. The highest BCUT2D eigenvalue weighted by Gasteiger charge is 2.06. The van der Waals surface area contributed by atoms with Crippen LogP contribution in [0.2, 0.25) is 0 Å².